The van der Waals surface area contributed by atoms with Crippen LogP contribution in [0.4, 0.5) is 0 Å². The van der Waals surface area contributed by atoms with Gasteiger partial charge in [-0.25, -0.2) is 0 Å². The Morgan fingerprint density at radius 2 is 2.00 bits per heavy atom. The Balaban J connectivity index is 2.24. The molecule has 0 fully saturated rings. The van der Waals surface area contributed by atoms with E-state index in [0.29, 0.717) is 17.0 Å². The van der Waals surface area contributed by atoms with Crippen LogP contribution in [0.5, 0.6) is 0 Å². The number of hydrogen-bond donors (Lipinski definition) is 1. The van der Waals surface area contributed by atoms with E-state index in [1.165, 1.54) is 0 Å². The molecule has 22 heavy (non-hydrogen) atoms. The molecule has 1 unspecified atom stereocenters. The van der Waals surface area contributed by atoms with Gasteiger partial charge in [0.2, 0.25) is 0 Å². The fourth-order valence-corrected chi connectivity index (χ4v) is 3.72. The highest BCUT2D eigenvalue weighted by molar-refractivity contribution is 6.31. The third-order valence-corrected chi connectivity index (χ3v) is 4.72. The molecule has 0 saturated heterocycles. The van der Waals surface area contributed by atoms with Gasteiger partial charge in [0, 0.05) is 39.9 Å². The van der Waals surface area contributed by atoms with E-state index in [-0.39, 0.29) is 17.5 Å². The molecule has 114 valence electrons. The first kappa shape index (κ1) is 15.0. The van der Waals surface area contributed by atoms with Crippen LogP contribution in [-0.2, 0) is 9.59 Å². The molecule has 4 heteroatoms. The molecule has 1 aliphatic carbocycles. The predicted molar refractivity (Wildman–Crippen MR) is 86.6 cm³/mol. The molecule has 1 aromatic carbocycles. The minimum Gasteiger partial charge on any atom is -0.362 e. The van der Waals surface area contributed by atoms with Crippen LogP contribution in [0.3, 0.4) is 0 Å². The third-order valence-electron chi connectivity index (χ3n) is 4.37. The van der Waals surface area contributed by atoms with Gasteiger partial charge in [-0.3, -0.25) is 9.59 Å². The molecule has 0 bridgehead atoms. The number of allylic oxidation sites excluding steroid dienone is 4. The van der Waals surface area contributed by atoms with Gasteiger partial charge in [-0.2, -0.15) is 0 Å². The van der Waals surface area contributed by atoms with Crippen molar-refractivity contribution in [1.29, 1.82) is 0 Å². The Bertz CT molecular complexity index is 730. The Hall–Kier alpha value is -1.87. The van der Waals surface area contributed by atoms with E-state index in [9.17, 15) is 9.59 Å². The van der Waals surface area contributed by atoms with Gasteiger partial charge in [-0.15, -0.1) is 0 Å². The number of hydrogen-bond acceptors (Lipinski definition) is 3. The lowest BCUT2D eigenvalue weighted by Gasteiger charge is -2.34. The first-order valence-corrected chi connectivity index (χ1v) is 7.88. The highest BCUT2D eigenvalue weighted by atomic mass is 35.5. The van der Waals surface area contributed by atoms with E-state index >= 15 is 0 Å². The van der Waals surface area contributed by atoms with Crippen molar-refractivity contribution >= 4 is 23.2 Å². The zero-order valence-corrected chi connectivity index (χ0v) is 13.5. The lowest BCUT2D eigenvalue weighted by molar-refractivity contribution is -0.116. The first-order chi connectivity index (χ1) is 10.5. The van der Waals surface area contributed by atoms with Crippen LogP contribution in [0.2, 0.25) is 5.02 Å². The van der Waals surface area contributed by atoms with Gasteiger partial charge in [0.15, 0.2) is 11.6 Å². The summed E-state index contributed by atoms with van der Waals surface area (Å²) < 4.78 is 0. The Kier molecular flexibility index (Phi) is 3.92. The lowest BCUT2D eigenvalue weighted by atomic mass is 9.74. The molecule has 0 spiro atoms. The average Bonchev–Trinajstić information content (AvgIpc) is 2.46. The summed E-state index contributed by atoms with van der Waals surface area (Å²) in [6, 6.07) is 7.46. The zero-order valence-electron chi connectivity index (χ0n) is 12.7. The van der Waals surface area contributed by atoms with Crippen molar-refractivity contribution < 1.29 is 9.59 Å². The maximum atomic E-state index is 12.5. The molecule has 1 N–H and O–H groups in total. The Morgan fingerprint density at radius 3 is 2.68 bits per heavy atom. The molecule has 0 amide bonds. The monoisotopic (exact) mass is 315 g/mol. The SMILES string of the molecule is CC(=O)C1=C(C)NC2=C(C(=O)CCC2)C1c1ccccc1Cl. The third kappa shape index (κ3) is 2.40. The fraction of sp³-hybridized carbons (Fsp3) is 0.333. The summed E-state index contributed by atoms with van der Waals surface area (Å²) >= 11 is 6.37. The molecule has 1 heterocycles. The predicted octanol–water partition coefficient (Wildman–Crippen LogP) is 3.90. The summed E-state index contributed by atoms with van der Waals surface area (Å²) in [4.78, 5) is 24.7. The van der Waals surface area contributed by atoms with Crippen molar-refractivity contribution in [3.05, 3.63) is 57.4 Å². The van der Waals surface area contributed by atoms with Crippen LogP contribution < -0.4 is 5.32 Å². The topological polar surface area (TPSA) is 46.2 Å². The van der Waals surface area contributed by atoms with E-state index in [1.807, 2.05) is 25.1 Å². The van der Waals surface area contributed by atoms with Gasteiger partial charge < -0.3 is 5.32 Å². The number of halogens is 1. The van der Waals surface area contributed by atoms with Crippen molar-refractivity contribution in [1.82, 2.24) is 5.32 Å². The van der Waals surface area contributed by atoms with Crippen molar-refractivity contribution in [2.75, 3.05) is 0 Å². The van der Waals surface area contributed by atoms with E-state index in [2.05, 4.69) is 5.32 Å². The quantitative estimate of drug-likeness (QED) is 0.900. The molecule has 3 nitrogen and oxygen atoms in total. The number of carbonyl (C=O) groups excluding carboxylic acids is 2. The van der Waals surface area contributed by atoms with Crippen molar-refractivity contribution in [3.8, 4) is 0 Å². The summed E-state index contributed by atoms with van der Waals surface area (Å²) in [6.07, 6.45) is 2.22. The molecular weight excluding hydrogens is 298 g/mol. The summed E-state index contributed by atoms with van der Waals surface area (Å²) in [5.41, 5.74) is 3.96. The second-order valence-corrected chi connectivity index (χ2v) is 6.25. The molecule has 1 aromatic rings. The Labute approximate surface area is 135 Å². The summed E-state index contributed by atoms with van der Waals surface area (Å²) in [5.74, 6) is -0.264. The lowest BCUT2D eigenvalue weighted by Crippen LogP contribution is -2.33. The average molecular weight is 316 g/mol. The molecule has 1 aliphatic heterocycles. The number of ketones is 2. The number of benzene rings is 1. The highest BCUT2D eigenvalue weighted by Gasteiger charge is 2.37. The summed E-state index contributed by atoms with van der Waals surface area (Å²) in [6.45, 7) is 3.44. The van der Waals surface area contributed by atoms with E-state index in [1.54, 1.807) is 13.0 Å². The largest absolute Gasteiger partial charge is 0.362 e. The van der Waals surface area contributed by atoms with Crippen molar-refractivity contribution in [2.45, 2.75) is 39.0 Å². The van der Waals surface area contributed by atoms with Gasteiger partial charge in [-0.1, -0.05) is 29.8 Å². The maximum absolute atomic E-state index is 12.5. The van der Waals surface area contributed by atoms with Crippen LogP contribution in [0.1, 0.15) is 44.6 Å². The molecule has 3 rings (SSSR count). The number of nitrogens with one attached hydrogen (secondary N) is 1. The van der Waals surface area contributed by atoms with E-state index in [0.717, 1.165) is 35.4 Å². The normalized spacial score (nSPS) is 21.6. The molecule has 0 radical (unpaired) electrons. The molecular formula is C18H18ClNO2. The minimum absolute atomic E-state index is 0.0279. The molecule has 0 aromatic heterocycles. The van der Waals surface area contributed by atoms with Crippen LogP contribution in [0.15, 0.2) is 46.8 Å². The van der Waals surface area contributed by atoms with Gasteiger partial charge in [0.05, 0.1) is 0 Å². The maximum Gasteiger partial charge on any atom is 0.161 e. The van der Waals surface area contributed by atoms with Gasteiger partial charge >= 0.3 is 0 Å². The van der Waals surface area contributed by atoms with Crippen molar-refractivity contribution in [3.63, 3.8) is 0 Å². The first-order valence-electron chi connectivity index (χ1n) is 7.50. The highest BCUT2D eigenvalue weighted by Crippen LogP contribution is 2.44. The van der Waals surface area contributed by atoms with Crippen molar-refractivity contribution in [2.24, 2.45) is 0 Å². The number of rotatable bonds is 2. The smallest absolute Gasteiger partial charge is 0.161 e. The van der Waals surface area contributed by atoms with Gasteiger partial charge in [0.1, 0.15) is 0 Å². The second-order valence-electron chi connectivity index (χ2n) is 5.84. The van der Waals surface area contributed by atoms with Crippen LogP contribution in [0.25, 0.3) is 0 Å². The van der Waals surface area contributed by atoms with Crippen LogP contribution in [-0.4, -0.2) is 11.6 Å². The van der Waals surface area contributed by atoms with E-state index in [4.69, 9.17) is 11.6 Å². The minimum atomic E-state index is -0.352. The number of Topliss-reactive ketones (excluding diaryl/α,β-unsaturated/α-hetero) is 2. The fourth-order valence-electron chi connectivity index (χ4n) is 3.47. The Morgan fingerprint density at radius 1 is 1.27 bits per heavy atom. The van der Waals surface area contributed by atoms with Gasteiger partial charge in [0.25, 0.3) is 0 Å². The van der Waals surface area contributed by atoms with Crippen LogP contribution in [0, 0.1) is 0 Å². The summed E-state index contributed by atoms with van der Waals surface area (Å²) in [7, 11) is 0. The van der Waals surface area contributed by atoms with E-state index < -0.39 is 0 Å². The van der Waals surface area contributed by atoms with Gasteiger partial charge in [-0.05, 0) is 38.3 Å². The molecule has 2 aliphatic rings. The summed E-state index contributed by atoms with van der Waals surface area (Å²) in [5, 5.41) is 3.86. The zero-order chi connectivity index (χ0) is 15.9. The number of dihydropyridines is 1. The standard InChI is InChI=1S/C18H18ClNO2/c1-10-16(11(2)21)17(12-6-3-4-7-13(12)19)18-14(20-10)8-5-9-15(18)22/h3-4,6-7,17,20H,5,8-9H2,1-2H3. The molecule has 1 atom stereocenters. The second kappa shape index (κ2) is 5.73. The van der Waals surface area contributed by atoms with Crippen LogP contribution >= 0.6 is 11.6 Å². The number of carbonyl (C=O) groups is 2. The molecule has 0 saturated carbocycles.